The van der Waals surface area contributed by atoms with Crippen molar-refractivity contribution >= 4 is 50.2 Å². The number of nitrogens with one attached hydrogen (secondary N) is 2. The number of amides is 2. The summed E-state index contributed by atoms with van der Waals surface area (Å²) in [6.07, 6.45) is -2.53. The minimum atomic E-state index is -4.46. The summed E-state index contributed by atoms with van der Waals surface area (Å²) in [5, 5.41) is 5.32. The van der Waals surface area contributed by atoms with Gasteiger partial charge in [-0.15, -0.1) is 11.8 Å². The lowest BCUT2D eigenvalue weighted by Gasteiger charge is -2.09. The zero-order valence-corrected chi connectivity index (χ0v) is 14.5. The minimum absolute atomic E-state index is 0.0539. The quantitative estimate of drug-likeness (QED) is 0.572. The largest absolute Gasteiger partial charge is 0.416 e. The minimum Gasteiger partial charge on any atom is -0.308 e. The molecule has 2 N–H and O–H groups in total. The van der Waals surface area contributed by atoms with Crippen LogP contribution in [-0.2, 0) is 6.18 Å². The van der Waals surface area contributed by atoms with Crippen LogP contribution in [0.5, 0.6) is 0 Å². The number of anilines is 2. The first kappa shape index (κ1) is 17.6. The van der Waals surface area contributed by atoms with E-state index in [1.165, 1.54) is 23.5 Å². The lowest BCUT2D eigenvalue weighted by molar-refractivity contribution is -0.137. The van der Waals surface area contributed by atoms with E-state index < -0.39 is 17.8 Å². The van der Waals surface area contributed by atoms with Crippen molar-refractivity contribution in [3.05, 3.63) is 48.0 Å². The summed E-state index contributed by atoms with van der Waals surface area (Å²) in [6.45, 7) is 0. The molecule has 0 bridgehead atoms. The van der Waals surface area contributed by atoms with E-state index in [1.54, 1.807) is 11.8 Å². The third-order valence-electron chi connectivity index (χ3n) is 3.27. The first-order chi connectivity index (χ1) is 11.9. The molecule has 3 rings (SSSR count). The fraction of sp³-hybridized carbons (Fsp3) is 0.125. The molecule has 0 atom stereocenters. The molecular weight excluding hydrogens is 371 g/mol. The summed E-state index contributed by atoms with van der Waals surface area (Å²) in [6, 6.07) is 9.52. The lowest BCUT2D eigenvalue weighted by Crippen LogP contribution is -2.19. The molecule has 0 spiro atoms. The maximum Gasteiger partial charge on any atom is 0.416 e. The Bertz CT molecular complexity index is 924. The maximum absolute atomic E-state index is 12.7. The highest BCUT2D eigenvalue weighted by atomic mass is 32.2. The molecule has 0 aliphatic carbocycles. The van der Waals surface area contributed by atoms with Gasteiger partial charge in [0.25, 0.3) is 0 Å². The second-order valence-corrected chi connectivity index (χ2v) is 6.86. The lowest BCUT2D eigenvalue weighted by atomic mass is 10.2. The summed E-state index contributed by atoms with van der Waals surface area (Å²) >= 11 is 2.84. The van der Waals surface area contributed by atoms with Crippen molar-refractivity contribution in [1.29, 1.82) is 0 Å². The number of rotatable bonds is 3. The number of fused-ring (bicyclic) bond motifs is 1. The van der Waals surface area contributed by atoms with Crippen molar-refractivity contribution in [1.82, 2.24) is 4.98 Å². The van der Waals surface area contributed by atoms with Crippen molar-refractivity contribution in [2.75, 3.05) is 16.9 Å². The standard InChI is InChI=1S/C16H12F3N3OS2/c1-24-11-6-3-7-12-13(11)21-15(25-12)22-14(23)20-10-5-2-4-9(8-10)16(17,18)19/h2-8H,1H3,(H2,20,21,22,23). The molecule has 0 aliphatic rings. The fourth-order valence-corrected chi connectivity index (χ4v) is 3.69. The molecule has 4 nitrogen and oxygen atoms in total. The summed E-state index contributed by atoms with van der Waals surface area (Å²) in [7, 11) is 0. The van der Waals surface area contributed by atoms with E-state index in [1.807, 2.05) is 24.5 Å². The topological polar surface area (TPSA) is 54.0 Å². The highest BCUT2D eigenvalue weighted by Crippen LogP contribution is 2.33. The third-order valence-corrected chi connectivity index (χ3v) is 4.98. The molecule has 2 amide bonds. The summed E-state index contributed by atoms with van der Waals surface area (Å²) in [5.41, 5.74) is 0.0162. The van der Waals surface area contributed by atoms with Crippen LogP contribution in [0.2, 0.25) is 0 Å². The summed E-state index contributed by atoms with van der Waals surface area (Å²) < 4.78 is 39.0. The van der Waals surface area contributed by atoms with E-state index in [9.17, 15) is 18.0 Å². The van der Waals surface area contributed by atoms with Crippen LogP contribution < -0.4 is 10.6 Å². The molecule has 0 aliphatic heterocycles. The van der Waals surface area contributed by atoms with Gasteiger partial charge in [0.1, 0.15) is 0 Å². The molecule has 130 valence electrons. The number of nitrogens with zero attached hydrogens (tertiary/aromatic N) is 1. The van der Waals surface area contributed by atoms with E-state index in [0.29, 0.717) is 5.13 Å². The normalized spacial score (nSPS) is 11.5. The van der Waals surface area contributed by atoms with Gasteiger partial charge >= 0.3 is 12.2 Å². The number of thioether (sulfide) groups is 1. The molecule has 1 aromatic heterocycles. The van der Waals surface area contributed by atoms with Crippen LogP contribution in [0.15, 0.2) is 47.4 Å². The Kier molecular flexibility index (Phi) is 4.87. The van der Waals surface area contributed by atoms with Crippen LogP contribution >= 0.6 is 23.1 Å². The van der Waals surface area contributed by atoms with E-state index >= 15 is 0 Å². The van der Waals surface area contributed by atoms with E-state index in [4.69, 9.17) is 0 Å². The molecule has 25 heavy (non-hydrogen) atoms. The van der Waals surface area contributed by atoms with Crippen LogP contribution in [0.3, 0.4) is 0 Å². The average Bonchev–Trinajstić information content (AvgIpc) is 2.96. The number of halogens is 3. The second kappa shape index (κ2) is 6.93. The first-order valence-electron chi connectivity index (χ1n) is 7.05. The van der Waals surface area contributed by atoms with Crippen LogP contribution in [0.1, 0.15) is 5.56 Å². The van der Waals surface area contributed by atoms with Gasteiger partial charge < -0.3 is 5.32 Å². The van der Waals surface area contributed by atoms with Crippen molar-refractivity contribution in [2.24, 2.45) is 0 Å². The van der Waals surface area contributed by atoms with E-state index in [2.05, 4.69) is 15.6 Å². The number of thiazole rings is 1. The monoisotopic (exact) mass is 383 g/mol. The van der Waals surface area contributed by atoms with Gasteiger partial charge in [-0.3, -0.25) is 5.32 Å². The van der Waals surface area contributed by atoms with Crippen molar-refractivity contribution in [3.63, 3.8) is 0 Å². The SMILES string of the molecule is CSc1cccc2sc(NC(=O)Nc3cccc(C(F)(F)F)c3)nc12. The summed E-state index contributed by atoms with van der Waals surface area (Å²) in [5.74, 6) is 0. The molecule has 0 radical (unpaired) electrons. The Labute approximate surface area is 149 Å². The molecule has 2 aromatic carbocycles. The van der Waals surface area contributed by atoms with Crippen LogP contribution in [0.25, 0.3) is 10.2 Å². The molecular formula is C16H12F3N3OS2. The zero-order valence-electron chi connectivity index (χ0n) is 12.8. The number of alkyl halides is 3. The molecule has 3 aromatic rings. The van der Waals surface area contributed by atoms with Crippen molar-refractivity contribution in [3.8, 4) is 0 Å². The number of aromatic nitrogens is 1. The highest BCUT2D eigenvalue weighted by molar-refractivity contribution is 7.98. The van der Waals surface area contributed by atoms with Crippen molar-refractivity contribution < 1.29 is 18.0 Å². The molecule has 9 heteroatoms. The number of hydrogen-bond acceptors (Lipinski definition) is 4. The molecule has 0 saturated heterocycles. The number of carbonyl (C=O) groups excluding carboxylic acids is 1. The van der Waals surface area contributed by atoms with Crippen LogP contribution in [0.4, 0.5) is 28.8 Å². The number of hydrogen-bond donors (Lipinski definition) is 2. The van der Waals surface area contributed by atoms with Gasteiger partial charge in [0.15, 0.2) is 5.13 Å². The smallest absolute Gasteiger partial charge is 0.308 e. The van der Waals surface area contributed by atoms with Gasteiger partial charge in [-0.2, -0.15) is 13.2 Å². The average molecular weight is 383 g/mol. The van der Waals surface area contributed by atoms with Crippen LogP contribution in [0, 0.1) is 0 Å². The Morgan fingerprint density at radius 3 is 2.64 bits per heavy atom. The Morgan fingerprint density at radius 2 is 1.92 bits per heavy atom. The Balaban J connectivity index is 1.75. The molecule has 1 heterocycles. The maximum atomic E-state index is 12.7. The van der Waals surface area contributed by atoms with Gasteiger partial charge in [-0.25, -0.2) is 9.78 Å². The van der Waals surface area contributed by atoms with Gasteiger partial charge in [-0.05, 0) is 36.6 Å². The zero-order chi connectivity index (χ0) is 18.0. The molecule has 0 saturated carbocycles. The Morgan fingerprint density at radius 1 is 1.16 bits per heavy atom. The fourth-order valence-electron chi connectivity index (χ4n) is 2.17. The predicted octanol–water partition coefficient (Wildman–Crippen LogP) is 5.68. The van der Waals surface area contributed by atoms with Gasteiger partial charge in [0.2, 0.25) is 0 Å². The van der Waals surface area contributed by atoms with Crippen LogP contribution in [-0.4, -0.2) is 17.3 Å². The van der Waals surface area contributed by atoms with Gasteiger partial charge in [0.05, 0.1) is 15.8 Å². The first-order valence-corrected chi connectivity index (χ1v) is 9.10. The number of urea groups is 1. The Hall–Kier alpha value is -2.26. The van der Waals surface area contributed by atoms with Gasteiger partial charge in [-0.1, -0.05) is 23.5 Å². The van der Waals surface area contributed by atoms with E-state index in [-0.39, 0.29) is 5.69 Å². The van der Waals surface area contributed by atoms with Crippen molar-refractivity contribution in [2.45, 2.75) is 11.1 Å². The third kappa shape index (κ3) is 4.05. The number of benzene rings is 2. The molecule has 0 fully saturated rings. The predicted molar refractivity (Wildman–Crippen MR) is 95.5 cm³/mol. The number of para-hydroxylation sites is 1. The van der Waals surface area contributed by atoms with E-state index in [0.717, 1.165) is 27.2 Å². The molecule has 0 unspecified atom stereocenters. The van der Waals surface area contributed by atoms with Gasteiger partial charge in [0, 0.05) is 10.6 Å². The number of carbonyl (C=O) groups is 1. The second-order valence-electron chi connectivity index (χ2n) is 4.98. The highest BCUT2D eigenvalue weighted by Gasteiger charge is 2.30. The summed E-state index contributed by atoms with van der Waals surface area (Å²) in [4.78, 5) is 17.4.